The Hall–Kier alpha value is -2.89. The zero-order valence-corrected chi connectivity index (χ0v) is 14.6. The molecule has 128 valence electrons. The number of anilines is 2. The third kappa shape index (κ3) is 3.20. The van der Waals surface area contributed by atoms with Crippen molar-refractivity contribution in [1.82, 2.24) is 19.5 Å². The molecule has 1 fully saturated rings. The van der Waals surface area contributed by atoms with Gasteiger partial charge in [-0.1, -0.05) is 12.1 Å². The van der Waals surface area contributed by atoms with E-state index in [2.05, 4.69) is 56.8 Å². The highest BCUT2D eigenvalue weighted by atomic mass is 15.3. The molecule has 1 aromatic carbocycles. The summed E-state index contributed by atoms with van der Waals surface area (Å²) in [5, 5.41) is 0. The minimum Gasteiger partial charge on any atom is -0.368 e. The maximum atomic E-state index is 4.46. The molecule has 1 aliphatic heterocycles. The second-order valence-corrected chi connectivity index (χ2v) is 6.47. The van der Waals surface area contributed by atoms with Crippen molar-refractivity contribution in [2.45, 2.75) is 13.8 Å². The number of imidazole rings is 1. The molecule has 0 unspecified atom stereocenters. The predicted molar refractivity (Wildman–Crippen MR) is 99.5 cm³/mol. The molecule has 2 aromatic heterocycles. The first-order valence-electron chi connectivity index (χ1n) is 8.58. The highest BCUT2D eigenvalue weighted by Crippen LogP contribution is 2.24. The molecule has 1 aliphatic rings. The fourth-order valence-electron chi connectivity index (χ4n) is 3.28. The van der Waals surface area contributed by atoms with E-state index in [-0.39, 0.29) is 0 Å². The van der Waals surface area contributed by atoms with Gasteiger partial charge in [0.05, 0.1) is 0 Å². The Labute approximate surface area is 147 Å². The highest BCUT2D eigenvalue weighted by Gasteiger charge is 2.20. The van der Waals surface area contributed by atoms with Crippen LogP contribution in [0.3, 0.4) is 0 Å². The second-order valence-electron chi connectivity index (χ2n) is 6.47. The van der Waals surface area contributed by atoms with Crippen molar-refractivity contribution in [3.05, 3.63) is 60.4 Å². The maximum absolute atomic E-state index is 4.46. The predicted octanol–water partition coefficient (Wildman–Crippen LogP) is 2.61. The number of aromatic nitrogens is 4. The molecular formula is C19H22N6. The molecular weight excluding hydrogens is 312 g/mol. The fraction of sp³-hybridized carbons (Fsp3) is 0.316. The van der Waals surface area contributed by atoms with Gasteiger partial charge in [-0.05, 0) is 31.0 Å². The van der Waals surface area contributed by atoms with Crippen LogP contribution in [-0.4, -0.2) is 45.7 Å². The lowest BCUT2D eigenvalue weighted by molar-refractivity contribution is 0.645. The third-order valence-corrected chi connectivity index (χ3v) is 4.72. The first-order chi connectivity index (χ1) is 12.2. The minimum absolute atomic E-state index is 0.847. The van der Waals surface area contributed by atoms with Crippen LogP contribution in [0, 0.1) is 13.8 Å². The van der Waals surface area contributed by atoms with E-state index < -0.39 is 0 Å². The van der Waals surface area contributed by atoms with E-state index in [1.807, 2.05) is 16.8 Å². The van der Waals surface area contributed by atoms with Crippen molar-refractivity contribution in [2.24, 2.45) is 0 Å². The van der Waals surface area contributed by atoms with Gasteiger partial charge in [-0.2, -0.15) is 0 Å². The Bertz CT molecular complexity index is 850. The Balaban J connectivity index is 1.49. The van der Waals surface area contributed by atoms with Gasteiger partial charge < -0.3 is 9.80 Å². The minimum atomic E-state index is 0.847. The number of rotatable bonds is 3. The summed E-state index contributed by atoms with van der Waals surface area (Å²) in [6.45, 7) is 8.23. The molecule has 25 heavy (non-hydrogen) atoms. The normalized spacial score (nSPS) is 14.8. The standard InChI is InChI=1S/C19H22N6/c1-15-3-4-16(2)17(11-15)23-7-9-24(10-8-23)18-12-19(22-13-21-18)25-6-5-20-14-25/h3-6,11-14H,7-10H2,1-2H3. The second kappa shape index (κ2) is 6.55. The molecule has 6 heteroatoms. The number of hydrogen-bond donors (Lipinski definition) is 0. The molecule has 4 rings (SSSR count). The highest BCUT2D eigenvalue weighted by molar-refractivity contribution is 5.56. The van der Waals surface area contributed by atoms with Crippen molar-refractivity contribution in [1.29, 1.82) is 0 Å². The van der Waals surface area contributed by atoms with Crippen molar-refractivity contribution < 1.29 is 0 Å². The average molecular weight is 334 g/mol. The van der Waals surface area contributed by atoms with Crippen molar-refractivity contribution >= 4 is 11.5 Å². The van der Waals surface area contributed by atoms with Gasteiger partial charge >= 0.3 is 0 Å². The molecule has 3 aromatic rings. The zero-order chi connectivity index (χ0) is 17.2. The molecule has 1 saturated heterocycles. The van der Waals surface area contributed by atoms with Gasteiger partial charge in [0.2, 0.25) is 0 Å². The van der Waals surface area contributed by atoms with Gasteiger partial charge in [0.15, 0.2) is 0 Å². The largest absolute Gasteiger partial charge is 0.368 e. The third-order valence-electron chi connectivity index (χ3n) is 4.72. The summed E-state index contributed by atoms with van der Waals surface area (Å²) >= 11 is 0. The topological polar surface area (TPSA) is 50.1 Å². The zero-order valence-electron chi connectivity index (χ0n) is 14.6. The Morgan fingerprint density at radius 2 is 1.64 bits per heavy atom. The molecule has 0 atom stereocenters. The molecule has 0 bridgehead atoms. The van der Waals surface area contributed by atoms with Crippen molar-refractivity contribution in [2.75, 3.05) is 36.0 Å². The van der Waals surface area contributed by atoms with Gasteiger partial charge in [0.1, 0.15) is 24.3 Å². The van der Waals surface area contributed by atoms with Crippen LogP contribution in [-0.2, 0) is 0 Å². The van der Waals surface area contributed by atoms with Crippen LogP contribution < -0.4 is 9.80 Å². The molecule has 0 amide bonds. The van der Waals surface area contributed by atoms with Crippen LogP contribution in [0.5, 0.6) is 0 Å². The number of nitrogens with zero attached hydrogens (tertiary/aromatic N) is 6. The summed E-state index contributed by atoms with van der Waals surface area (Å²) in [4.78, 5) is 17.7. The van der Waals surface area contributed by atoms with Crippen LogP contribution in [0.15, 0.2) is 49.3 Å². The van der Waals surface area contributed by atoms with Gasteiger partial charge in [-0.3, -0.25) is 4.57 Å². The molecule has 0 N–H and O–H groups in total. The Morgan fingerprint density at radius 3 is 2.40 bits per heavy atom. The molecule has 0 spiro atoms. The van der Waals surface area contributed by atoms with Crippen LogP contribution in [0.1, 0.15) is 11.1 Å². The van der Waals surface area contributed by atoms with E-state index >= 15 is 0 Å². The first-order valence-corrected chi connectivity index (χ1v) is 8.58. The number of hydrogen-bond acceptors (Lipinski definition) is 5. The molecule has 0 radical (unpaired) electrons. The van der Waals surface area contributed by atoms with Gasteiger partial charge in [-0.15, -0.1) is 0 Å². The Kier molecular flexibility index (Phi) is 4.09. The lowest BCUT2D eigenvalue weighted by Crippen LogP contribution is -2.47. The summed E-state index contributed by atoms with van der Waals surface area (Å²) < 4.78 is 1.90. The maximum Gasteiger partial charge on any atom is 0.143 e. The van der Waals surface area contributed by atoms with Crippen molar-refractivity contribution in [3.63, 3.8) is 0 Å². The van der Waals surface area contributed by atoms with Crippen molar-refractivity contribution in [3.8, 4) is 5.82 Å². The van der Waals surface area contributed by atoms with E-state index in [0.29, 0.717) is 0 Å². The lowest BCUT2D eigenvalue weighted by atomic mass is 10.1. The number of aryl methyl sites for hydroxylation is 2. The SMILES string of the molecule is Cc1ccc(C)c(N2CCN(c3cc(-n4ccnc4)ncn3)CC2)c1. The van der Waals surface area contributed by atoms with Crippen LogP contribution in [0.2, 0.25) is 0 Å². The quantitative estimate of drug-likeness (QED) is 0.737. The summed E-state index contributed by atoms with van der Waals surface area (Å²) in [5.74, 6) is 1.82. The fourth-order valence-corrected chi connectivity index (χ4v) is 3.28. The molecule has 6 nitrogen and oxygen atoms in total. The van der Waals surface area contributed by atoms with Gasteiger partial charge in [0.25, 0.3) is 0 Å². The summed E-state index contributed by atoms with van der Waals surface area (Å²) in [6.07, 6.45) is 7.03. The number of benzene rings is 1. The molecule has 0 aliphatic carbocycles. The van der Waals surface area contributed by atoms with E-state index in [0.717, 1.165) is 37.8 Å². The van der Waals surface area contributed by atoms with E-state index in [9.17, 15) is 0 Å². The lowest BCUT2D eigenvalue weighted by Gasteiger charge is -2.37. The van der Waals surface area contributed by atoms with Crippen LogP contribution in [0.4, 0.5) is 11.5 Å². The smallest absolute Gasteiger partial charge is 0.143 e. The van der Waals surface area contributed by atoms with E-state index in [1.54, 1.807) is 18.9 Å². The Morgan fingerprint density at radius 1 is 0.880 bits per heavy atom. The molecule has 3 heterocycles. The number of piperazine rings is 1. The first kappa shape index (κ1) is 15.6. The summed E-state index contributed by atoms with van der Waals surface area (Å²) in [5.41, 5.74) is 3.99. The monoisotopic (exact) mass is 334 g/mol. The van der Waals surface area contributed by atoms with E-state index in [4.69, 9.17) is 0 Å². The summed E-state index contributed by atoms with van der Waals surface area (Å²) in [6, 6.07) is 8.69. The van der Waals surface area contributed by atoms with Crippen LogP contribution in [0.25, 0.3) is 5.82 Å². The van der Waals surface area contributed by atoms with Crippen LogP contribution >= 0.6 is 0 Å². The van der Waals surface area contributed by atoms with Gasteiger partial charge in [0, 0.05) is 50.3 Å². The summed E-state index contributed by atoms with van der Waals surface area (Å²) in [7, 11) is 0. The van der Waals surface area contributed by atoms with E-state index in [1.165, 1.54) is 16.8 Å². The molecule has 0 saturated carbocycles. The average Bonchev–Trinajstić information content (AvgIpc) is 3.19. The van der Waals surface area contributed by atoms with Gasteiger partial charge in [-0.25, -0.2) is 15.0 Å².